The van der Waals surface area contributed by atoms with Crippen molar-refractivity contribution in [2.24, 2.45) is 0 Å². The van der Waals surface area contributed by atoms with Gasteiger partial charge in [0, 0.05) is 32.8 Å². The van der Waals surface area contributed by atoms with E-state index in [1.807, 2.05) is 24.3 Å². The lowest BCUT2D eigenvalue weighted by atomic mass is 9.72. The Hall–Kier alpha value is -6.09. The first-order chi connectivity index (χ1) is 30.2. The van der Waals surface area contributed by atoms with Gasteiger partial charge in [0.15, 0.2) is 5.60 Å². The van der Waals surface area contributed by atoms with E-state index < -0.39 is 34.8 Å². The molecule has 324 valence electrons. The summed E-state index contributed by atoms with van der Waals surface area (Å²) in [7, 11) is 1.21. The van der Waals surface area contributed by atoms with E-state index in [2.05, 4.69) is 6.92 Å². The van der Waals surface area contributed by atoms with Crippen molar-refractivity contribution in [1.82, 2.24) is 0 Å². The van der Waals surface area contributed by atoms with Crippen molar-refractivity contribution in [3.63, 3.8) is 0 Å². The number of carbonyl (C=O) groups excluding carboxylic acids is 2. The number of aromatic carboxylic acids is 1. The molecule has 0 spiro atoms. The summed E-state index contributed by atoms with van der Waals surface area (Å²) in [5, 5.41) is 36.1. The van der Waals surface area contributed by atoms with Crippen LogP contribution in [-0.2, 0) is 15.1 Å². The maximum Gasteiger partial charge on any atom is 0.341 e. The number of methoxy groups -OCH3 is 1. The van der Waals surface area contributed by atoms with Gasteiger partial charge in [0.05, 0.1) is 19.3 Å². The average molecular weight is 839 g/mol. The van der Waals surface area contributed by atoms with Crippen LogP contribution in [0.4, 0.5) is 0 Å². The van der Waals surface area contributed by atoms with Crippen LogP contribution in [0.2, 0.25) is 0 Å². The Morgan fingerprint density at radius 2 is 1.15 bits per heavy atom. The van der Waals surface area contributed by atoms with Crippen LogP contribution in [0.5, 0.6) is 17.2 Å². The van der Waals surface area contributed by atoms with E-state index in [0.29, 0.717) is 39.6 Å². The topological polar surface area (TPSA) is 140 Å². The molecule has 3 N–H and O–H groups in total. The van der Waals surface area contributed by atoms with Gasteiger partial charge in [-0.15, -0.1) is 0 Å². The third kappa shape index (κ3) is 8.94. The standard InChI is InChI=1S/C53H58O9/c1-3-4-5-6-7-8-9-10-11-12-13-14-15-16-17-20-31-61-36-29-30-39-41(32-36)46(33-42(48(39)54)50(56)57)53(44-28-22-24-35-23-21-27-40(47(35)44)52(59)62-53)45-34-43(51(58)60-2)49(55)38-26-19-18-25-37(38)45/h18-19,21-30,32-34,54-55H,3-17,20,31H2,1-2H3,(H,56,57). The van der Waals surface area contributed by atoms with Gasteiger partial charge in [-0.05, 0) is 59.0 Å². The van der Waals surface area contributed by atoms with Crippen molar-refractivity contribution in [3.05, 3.63) is 124 Å². The van der Waals surface area contributed by atoms with E-state index in [9.17, 15) is 29.7 Å². The van der Waals surface area contributed by atoms with E-state index in [4.69, 9.17) is 14.2 Å². The van der Waals surface area contributed by atoms with Gasteiger partial charge < -0.3 is 29.5 Å². The molecule has 0 bridgehead atoms. The van der Waals surface area contributed by atoms with Crippen LogP contribution in [0.15, 0.2) is 91.0 Å². The molecule has 1 aliphatic heterocycles. The molecule has 0 radical (unpaired) electrons. The average Bonchev–Trinajstić information content (AvgIpc) is 3.28. The van der Waals surface area contributed by atoms with Crippen LogP contribution in [0.1, 0.15) is 157 Å². The molecule has 7 rings (SSSR count). The van der Waals surface area contributed by atoms with Crippen LogP contribution in [0, 0.1) is 0 Å². The van der Waals surface area contributed by atoms with Gasteiger partial charge in [0.2, 0.25) is 0 Å². The maximum absolute atomic E-state index is 14.4. The third-order valence-electron chi connectivity index (χ3n) is 12.5. The number of rotatable bonds is 22. The van der Waals surface area contributed by atoms with E-state index in [1.165, 1.54) is 103 Å². The molecule has 0 amide bonds. The monoisotopic (exact) mass is 838 g/mol. The summed E-state index contributed by atoms with van der Waals surface area (Å²) in [4.78, 5) is 40.7. The number of hydrogen-bond acceptors (Lipinski definition) is 8. The van der Waals surface area contributed by atoms with E-state index in [0.717, 1.165) is 24.6 Å². The lowest BCUT2D eigenvalue weighted by molar-refractivity contribution is 0.0135. The number of cyclic esters (lactones) is 1. The van der Waals surface area contributed by atoms with Crippen LogP contribution >= 0.6 is 0 Å². The molecule has 62 heavy (non-hydrogen) atoms. The Labute approximate surface area is 363 Å². The van der Waals surface area contributed by atoms with Crippen molar-refractivity contribution in [2.45, 2.75) is 115 Å². The lowest BCUT2D eigenvalue weighted by Gasteiger charge is -2.40. The van der Waals surface area contributed by atoms with Crippen molar-refractivity contribution in [3.8, 4) is 17.2 Å². The largest absolute Gasteiger partial charge is 0.506 e. The van der Waals surface area contributed by atoms with Crippen molar-refractivity contribution >= 4 is 50.2 Å². The number of carbonyl (C=O) groups is 3. The Bertz CT molecular complexity index is 2570. The number of carboxylic acids is 1. The second-order valence-corrected chi connectivity index (χ2v) is 16.6. The second-order valence-electron chi connectivity index (χ2n) is 16.6. The predicted molar refractivity (Wildman–Crippen MR) is 244 cm³/mol. The summed E-state index contributed by atoms with van der Waals surface area (Å²) < 4.78 is 18.1. The summed E-state index contributed by atoms with van der Waals surface area (Å²) in [5.74, 6) is -3.18. The molecule has 1 aliphatic rings. The number of hydrogen-bond donors (Lipinski definition) is 3. The summed E-state index contributed by atoms with van der Waals surface area (Å²) in [6.07, 6.45) is 20.3. The summed E-state index contributed by atoms with van der Waals surface area (Å²) in [5.41, 5.74) is -1.20. The molecule has 1 unspecified atom stereocenters. The van der Waals surface area contributed by atoms with Gasteiger partial charge in [0.1, 0.15) is 28.4 Å². The Morgan fingerprint density at radius 3 is 1.77 bits per heavy atom. The van der Waals surface area contributed by atoms with Crippen LogP contribution < -0.4 is 4.74 Å². The highest BCUT2D eigenvalue weighted by Gasteiger charge is 2.49. The molecule has 0 saturated heterocycles. The zero-order valence-corrected chi connectivity index (χ0v) is 36.0. The fraction of sp³-hybridized carbons (Fsp3) is 0.377. The maximum atomic E-state index is 14.4. The minimum absolute atomic E-state index is 0.174. The second kappa shape index (κ2) is 20.2. The number of esters is 2. The van der Waals surface area contributed by atoms with E-state index in [-0.39, 0.29) is 33.2 Å². The molecule has 0 saturated carbocycles. The number of unbranched alkanes of at least 4 members (excludes halogenated alkanes) is 15. The smallest absolute Gasteiger partial charge is 0.341 e. The quantitative estimate of drug-likeness (QED) is 0.0450. The fourth-order valence-electron chi connectivity index (χ4n) is 9.29. The third-order valence-corrected chi connectivity index (χ3v) is 12.5. The van der Waals surface area contributed by atoms with E-state index in [1.54, 1.807) is 54.6 Å². The number of phenols is 2. The highest BCUT2D eigenvalue weighted by atomic mass is 16.6. The van der Waals surface area contributed by atoms with Gasteiger partial charge in [-0.3, -0.25) is 0 Å². The molecule has 6 aromatic carbocycles. The van der Waals surface area contributed by atoms with E-state index >= 15 is 0 Å². The molecular formula is C53H58O9. The number of phenolic OH excluding ortho intramolecular Hbond substituents is 1. The zero-order valence-electron chi connectivity index (χ0n) is 36.0. The number of carboxylic acid groups (broad SMARTS) is 1. The van der Waals surface area contributed by atoms with Gasteiger partial charge >= 0.3 is 17.9 Å². The number of fused-ring (bicyclic) bond motifs is 2. The van der Waals surface area contributed by atoms with Crippen molar-refractivity contribution in [2.75, 3.05) is 13.7 Å². The molecule has 9 heteroatoms. The van der Waals surface area contributed by atoms with Crippen LogP contribution in [0.25, 0.3) is 32.3 Å². The minimum atomic E-state index is -1.93. The Balaban J connectivity index is 1.19. The molecule has 0 fully saturated rings. The molecular weight excluding hydrogens is 781 g/mol. The van der Waals surface area contributed by atoms with Crippen molar-refractivity contribution < 1.29 is 43.9 Å². The highest BCUT2D eigenvalue weighted by Crippen LogP contribution is 2.54. The SMILES string of the molecule is CCCCCCCCCCCCCCCCCCOc1ccc2c(O)c(C(=O)O)cc(C3(c4cc(C(=O)OC)c(O)c5ccccc45)OC(=O)c4cccc5cccc3c45)c2c1. The van der Waals surface area contributed by atoms with Gasteiger partial charge in [-0.25, -0.2) is 14.4 Å². The Kier molecular flexibility index (Phi) is 14.3. The highest BCUT2D eigenvalue weighted by molar-refractivity contribution is 6.12. The zero-order chi connectivity index (χ0) is 43.6. The van der Waals surface area contributed by atoms with Gasteiger partial charge in [-0.2, -0.15) is 0 Å². The number of benzene rings is 6. The molecule has 0 aliphatic carbocycles. The molecule has 1 atom stereocenters. The van der Waals surface area contributed by atoms with Gasteiger partial charge in [-0.1, -0.05) is 158 Å². The Morgan fingerprint density at radius 1 is 0.597 bits per heavy atom. The van der Waals surface area contributed by atoms with Gasteiger partial charge in [0.25, 0.3) is 0 Å². The molecule has 6 aromatic rings. The van der Waals surface area contributed by atoms with Crippen molar-refractivity contribution in [1.29, 1.82) is 0 Å². The first-order valence-electron chi connectivity index (χ1n) is 22.5. The minimum Gasteiger partial charge on any atom is -0.506 e. The summed E-state index contributed by atoms with van der Waals surface area (Å²) in [6.45, 7) is 2.72. The number of ether oxygens (including phenoxy) is 3. The fourth-order valence-corrected chi connectivity index (χ4v) is 9.29. The first kappa shape index (κ1) is 44.0. The summed E-state index contributed by atoms with van der Waals surface area (Å²) >= 11 is 0. The van der Waals surface area contributed by atoms with Crippen LogP contribution in [-0.4, -0.2) is 46.9 Å². The molecule has 1 heterocycles. The summed E-state index contributed by atoms with van der Waals surface area (Å²) in [6, 6.07) is 25.5. The number of aromatic hydroxyl groups is 2. The first-order valence-corrected chi connectivity index (χ1v) is 22.5. The molecule has 0 aromatic heterocycles. The lowest BCUT2D eigenvalue weighted by Crippen LogP contribution is -2.39. The molecule has 9 nitrogen and oxygen atoms in total. The predicted octanol–water partition coefficient (Wildman–Crippen LogP) is 13.1. The normalized spacial score (nSPS) is 14.6. The van der Waals surface area contributed by atoms with Crippen LogP contribution in [0.3, 0.4) is 0 Å².